The average molecular weight is 191 g/mol. The fourth-order valence-corrected chi connectivity index (χ4v) is 1.77. The van der Waals surface area contributed by atoms with Crippen molar-refractivity contribution in [3.05, 3.63) is 29.3 Å². The molecule has 0 aliphatic carbocycles. The zero-order valence-corrected chi connectivity index (χ0v) is 7.92. The van der Waals surface area contributed by atoms with Crippen LogP contribution in [-0.4, -0.2) is 17.6 Å². The number of carboxylic acids is 1. The highest BCUT2D eigenvalue weighted by Crippen LogP contribution is 2.22. The second-order valence-corrected chi connectivity index (χ2v) is 3.56. The minimum atomic E-state index is -0.850. The molecule has 0 saturated heterocycles. The van der Waals surface area contributed by atoms with E-state index in [-0.39, 0.29) is 0 Å². The Bertz CT molecular complexity index is 360. The van der Waals surface area contributed by atoms with E-state index in [2.05, 4.69) is 5.32 Å². The number of rotatable bonds is 1. The maximum atomic E-state index is 10.8. The molecule has 1 heterocycles. The largest absolute Gasteiger partial charge is 0.478 e. The first-order valence-electron chi connectivity index (χ1n) is 4.87. The number of hydrogen-bond donors (Lipinski definition) is 2. The molecule has 0 fully saturated rings. The van der Waals surface area contributed by atoms with Gasteiger partial charge in [-0.3, -0.25) is 0 Å². The molecule has 1 aliphatic heterocycles. The van der Waals surface area contributed by atoms with Crippen molar-refractivity contribution in [1.82, 2.24) is 0 Å². The predicted molar refractivity (Wildman–Crippen MR) is 54.8 cm³/mol. The number of benzene rings is 1. The molecule has 2 rings (SSSR count). The molecular formula is C11H13NO2. The van der Waals surface area contributed by atoms with Crippen molar-refractivity contribution in [2.24, 2.45) is 0 Å². The van der Waals surface area contributed by atoms with Crippen LogP contribution in [0.1, 0.15) is 28.8 Å². The Morgan fingerprint density at radius 2 is 2.21 bits per heavy atom. The van der Waals surface area contributed by atoms with Crippen molar-refractivity contribution in [3.63, 3.8) is 0 Å². The van der Waals surface area contributed by atoms with Gasteiger partial charge in [0.1, 0.15) is 0 Å². The Morgan fingerprint density at radius 3 is 3.00 bits per heavy atom. The van der Waals surface area contributed by atoms with Gasteiger partial charge >= 0.3 is 5.97 Å². The SMILES string of the molecule is O=C(O)c1ccc2c(c1)CCCCN2. The molecule has 0 radical (unpaired) electrons. The molecule has 1 aromatic carbocycles. The predicted octanol–water partition coefficient (Wildman–Crippen LogP) is 2.13. The van der Waals surface area contributed by atoms with Gasteiger partial charge in [0.25, 0.3) is 0 Å². The van der Waals surface area contributed by atoms with Gasteiger partial charge in [0.2, 0.25) is 0 Å². The molecule has 0 bridgehead atoms. The lowest BCUT2D eigenvalue weighted by atomic mass is 10.0. The summed E-state index contributed by atoms with van der Waals surface area (Å²) in [6.07, 6.45) is 3.25. The Morgan fingerprint density at radius 1 is 1.36 bits per heavy atom. The number of carboxylic acid groups (broad SMARTS) is 1. The van der Waals surface area contributed by atoms with E-state index in [1.807, 2.05) is 6.07 Å². The Balaban J connectivity index is 2.37. The van der Waals surface area contributed by atoms with E-state index in [1.54, 1.807) is 12.1 Å². The van der Waals surface area contributed by atoms with Gasteiger partial charge < -0.3 is 10.4 Å². The van der Waals surface area contributed by atoms with E-state index in [4.69, 9.17) is 5.11 Å². The van der Waals surface area contributed by atoms with Crippen LogP contribution >= 0.6 is 0 Å². The van der Waals surface area contributed by atoms with Gasteiger partial charge in [0.15, 0.2) is 0 Å². The number of anilines is 1. The van der Waals surface area contributed by atoms with E-state index in [1.165, 1.54) is 0 Å². The van der Waals surface area contributed by atoms with Crippen LogP contribution in [0.5, 0.6) is 0 Å². The zero-order valence-electron chi connectivity index (χ0n) is 7.92. The van der Waals surface area contributed by atoms with Crippen LogP contribution in [-0.2, 0) is 6.42 Å². The Hall–Kier alpha value is -1.51. The van der Waals surface area contributed by atoms with Crippen molar-refractivity contribution in [1.29, 1.82) is 0 Å². The first-order chi connectivity index (χ1) is 6.77. The van der Waals surface area contributed by atoms with Crippen molar-refractivity contribution in [2.45, 2.75) is 19.3 Å². The topological polar surface area (TPSA) is 49.3 Å². The lowest BCUT2D eigenvalue weighted by molar-refractivity contribution is 0.0697. The molecule has 1 aliphatic rings. The second kappa shape index (κ2) is 3.70. The molecule has 0 amide bonds. The summed E-state index contributed by atoms with van der Waals surface area (Å²) in [5.41, 5.74) is 2.60. The highest BCUT2D eigenvalue weighted by atomic mass is 16.4. The van der Waals surface area contributed by atoms with Crippen LogP contribution in [0.15, 0.2) is 18.2 Å². The molecule has 0 unspecified atom stereocenters. The van der Waals surface area contributed by atoms with Crippen LogP contribution in [0.3, 0.4) is 0 Å². The smallest absolute Gasteiger partial charge is 0.335 e. The maximum absolute atomic E-state index is 10.8. The monoisotopic (exact) mass is 191 g/mol. The normalized spacial score (nSPS) is 15.1. The van der Waals surface area contributed by atoms with E-state index >= 15 is 0 Å². The highest BCUT2D eigenvalue weighted by Gasteiger charge is 2.10. The molecule has 3 heteroatoms. The van der Waals surface area contributed by atoms with E-state index in [0.717, 1.165) is 37.1 Å². The third-order valence-corrected chi connectivity index (χ3v) is 2.54. The molecule has 1 aromatic rings. The fraction of sp³-hybridized carbons (Fsp3) is 0.364. The summed E-state index contributed by atoms with van der Waals surface area (Å²) in [6.45, 7) is 0.986. The number of aromatic carboxylic acids is 1. The van der Waals surface area contributed by atoms with E-state index < -0.39 is 5.97 Å². The van der Waals surface area contributed by atoms with Crippen molar-refractivity contribution in [3.8, 4) is 0 Å². The second-order valence-electron chi connectivity index (χ2n) is 3.56. The van der Waals surface area contributed by atoms with Crippen LogP contribution in [0.4, 0.5) is 5.69 Å². The summed E-state index contributed by atoms with van der Waals surface area (Å²) < 4.78 is 0. The lowest BCUT2D eigenvalue weighted by Crippen LogP contribution is -2.02. The summed E-state index contributed by atoms with van der Waals surface area (Å²) in [6, 6.07) is 5.29. The Kier molecular flexibility index (Phi) is 2.39. The molecule has 2 N–H and O–H groups in total. The van der Waals surface area contributed by atoms with Gasteiger partial charge in [0.05, 0.1) is 5.56 Å². The summed E-state index contributed by atoms with van der Waals surface area (Å²) in [7, 11) is 0. The first-order valence-corrected chi connectivity index (χ1v) is 4.87. The first kappa shape index (κ1) is 9.06. The molecular weight excluding hydrogens is 178 g/mol. The van der Waals surface area contributed by atoms with Gasteiger partial charge in [-0.1, -0.05) is 0 Å². The highest BCUT2D eigenvalue weighted by molar-refractivity contribution is 5.88. The molecule has 74 valence electrons. The summed E-state index contributed by atoms with van der Waals surface area (Å²) in [5, 5.41) is 12.1. The third kappa shape index (κ3) is 1.71. The summed E-state index contributed by atoms with van der Waals surface area (Å²) in [4.78, 5) is 10.8. The van der Waals surface area contributed by atoms with E-state index in [9.17, 15) is 4.79 Å². The molecule has 14 heavy (non-hydrogen) atoms. The number of carbonyl (C=O) groups is 1. The van der Waals surface area contributed by atoms with Gasteiger partial charge in [-0.05, 0) is 43.0 Å². The van der Waals surface area contributed by atoms with Crippen LogP contribution < -0.4 is 5.32 Å². The van der Waals surface area contributed by atoms with Crippen LogP contribution in [0.25, 0.3) is 0 Å². The molecule has 0 atom stereocenters. The number of fused-ring (bicyclic) bond motifs is 1. The van der Waals surface area contributed by atoms with Crippen molar-refractivity contribution in [2.75, 3.05) is 11.9 Å². The van der Waals surface area contributed by atoms with Gasteiger partial charge in [-0.25, -0.2) is 4.79 Å². The van der Waals surface area contributed by atoms with Crippen LogP contribution in [0, 0.1) is 0 Å². The van der Waals surface area contributed by atoms with Crippen molar-refractivity contribution < 1.29 is 9.90 Å². The lowest BCUT2D eigenvalue weighted by Gasteiger charge is -2.07. The minimum absolute atomic E-state index is 0.382. The number of hydrogen-bond acceptors (Lipinski definition) is 2. The number of nitrogens with one attached hydrogen (secondary N) is 1. The molecule has 0 saturated carbocycles. The fourth-order valence-electron chi connectivity index (χ4n) is 1.77. The molecule has 0 aromatic heterocycles. The van der Waals surface area contributed by atoms with Gasteiger partial charge in [-0.15, -0.1) is 0 Å². The van der Waals surface area contributed by atoms with Gasteiger partial charge in [-0.2, -0.15) is 0 Å². The average Bonchev–Trinajstić information content (AvgIpc) is 2.41. The van der Waals surface area contributed by atoms with Gasteiger partial charge in [0, 0.05) is 12.2 Å². The molecule has 0 spiro atoms. The minimum Gasteiger partial charge on any atom is -0.478 e. The molecule has 3 nitrogen and oxygen atoms in total. The standard InChI is InChI=1S/C11H13NO2/c13-11(14)9-4-5-10-8(7-9)3-1-2-6-12-10/h4-5,7,12H,1-3,6H2,(H,13,14). The van der Waals surface area contributed by atoms with Crippen LogP contribution in [0.2, 0.25) is 0 Å². The summed E-state index contributed by atoms with van der Waals surface area (Å²) in [5.74, 6) is -0.850. The Labute approximate surface area is 82.8 Å². The quantitative estimate of drug-likeness (QED) is 0.715. The zero-order chi connectivity index (χ0) is 9.97. The third-order valence-electron chi connectivity index (χ3n) is 2.54. The number of aryl methyl sites for hydroxylation is 1. The maximum Gasteiger partial charge on any atom is 0.335 e. The summed E-state index contributed by atoms with van der Waals surface area (Å²) >= 11 is 0. The van der Waals surface area contributed by atoms with Crippen molar-refractivity contribution >= 4 is 11.7 Å². The van der Waals surface area contributed by atoms with E-state index in [0.29, 0.717) is 5.56 Å².